The zero-order valence-corrected chi connectivity index (χ0v) is 18.5. The van der Waals surface area contributed by atoms with E-state index < -0.39 is 10.8 Å². The number of nitrogens with one attached hydrogen (secondary N) is 2. The zero-order valence-electron chi connectivity index (χ0n) is 17.7. The van der Waals surface area contributed by atoms with Crippen LogP contribution in [0.3, 0.4) is 0 Å². The summed E-state index contributed by atoms with van der Waals surface area (Å²) in [6, 6.07) is 14.4. The van der Waals surface area contributed by atoms with Crippen molar-refractivity contribution in [1.82, 2.24) is 14.5 Å². The summed E-state index contributed by atoms with van der Waals surface area (Å²) in [4.78, 5) is 33.9. The van der Waals surface area contributed by atoms with E-state index in [0.717, 1.165) is 29.1 Å². The summed E-state index contributed by atoms with van der Waals surface area (Å²) in [5.74, 6) is 0.272. The Bertz CT molecular complexity index is 1340. The molecule has 0 radical (unpaired) electrons. The number of imidazole rings is 1. The van der Waals surface area contributed by atoms with Gasteiger partial charge in [-0.15, -0.1) is 0 Å². The van der Waals surface area contributed by atoms with Crippen LogP contribution in [0.1, 0.15) is 23.2 Å². The van der Waals surface area contributed by atoms with Gasteiger partial charge in [0.05, 0.1) is 15.5 Å². The van der Waals surface area contributed by atoms with Crippen molar-refractivity contribution in [1.29, 1.82) is 0 Å². The molecule has 0 aliphatic heterocycles. The largest absolute Gasteiger partial charge is 0.377 e. The maximum absolute atomic E-state index is 12.9. The minimum absolute atomic E-state index is 0.118. The van der Waals surface area contributed by atoms with E-state index in [1.807, 2.05) is 48.1 Å². The van der Waals surface area contributed by atoms with Gasteiger partial charge in [0, 0.05) is 42.7 Å². The van der Waals surface area contributed by atoms with Crippen molar-refractivity contribution in [3.63, 3.8) is 0 Å². The molecule has 1 saturated carbocycles. The maximum Gasteiger partial charge on any atom is 0.293 e. The molecular formula is C23H20N6O3S. The third-order valence-electron chi connectivity index (χ3n) is 5.31. The van der Waals surface area contributed by atoms with Gasteiger partial charge < -0.3 is 9.88 Å². The van der Waals surface area contributed by atoms with Crippen molar-refractivity contribution in [3.05, 3.63) is 76.6 Å². The Balaban J connectivity index is 1.46. The van der Waals surface area contributed by atoms with Gasteiger partial charge in [-0.1, -0.05) is 41.7 Å². The van der Waals surface area contributed by atoms with Gasteiger partial charge >= 0.3 is 0 Å². The van der Waals surface area contributed by atoms with Crippen molar-refractivity contribution in [2.45, 2.75) is 18.9 Å². The molecule has 10 heteroatoms. The highest BCUT2D eigenvalue weighted by atomic mass is 32.1. The molecule has 1 amide bonds. The first-order valence-corrected chi connectivity index (χ1v) is 11.2. The molecule has 5 rings (SSSR count). The number of carbonyl (C=O) groups excluding carboxylic acids is 1. The van der Waals surface area contributed by atoms with Crippen molar-refractivity contribution in [2.24, 2.45) is 7.05 Å². The van der Waals surface area contributed by atoms with Gasteiger partial charge in [-0.2, -0.15) is 0 Å². The first kappa shape index (κ1) is 20.8. The lowest BCUT2D eigenvalue weighted by Crippen LogP contribution is -2.13. The topological polar surface area (TPSA) is 115 Å². The van der Waals surface area contributed by atoms with E-state index in [2.05, 4.69) is 20.6 Å². The summed E-state index contributed by atoms with van der Waals surface area (Å²) in [6.45, 7) is 0. The average Bonchev–Trinajstić information content (AvgIpc) is 3.37. The van der Waals surface area contributed by atoms with Crippen LogP contribution in [0, 0.1) is 10.1 Å². The predicted octanol–water partition coefficient (Wildman–Crippen LogP) is 4.95. The molecule has 0 bridgehead atoms. The number of aromatic nitrogens is 3. The lowest BCUT2D eigenvalue weighted by molar-refractivity contribution is -0.384. The number of nitro groups is 1. The Morgan fingerprint density at radius 2 is 2.00 bits per heavy atom. The van der Waals surface area contributed by atoms with Crippen molar-refractivity contribution in [3.8, 4) is 22.0 Å². The average molecular weight is 461 g/mol. The van der Waals surface area contributed by atoms with Gasteiger partial charge in [-0.05, 0) is 25.0 Å². The highest BCUT2D eigenvalue weighted by Crippen LogP contribution is 2.38. The molecule has 0 saturated heterocycles. The van der Waals surface area contributed by atoms with Crippen molar-refractivity contribution >= 4 is 33.8 Å². The number of rotatable bonds is 7. The van der Waals surface area contributed by atoms with Crippen molar-refractivity contribution in [2.75, 3.05) is 10.6 Å². The molecule has 2 N–H and O–H groups in total. The summed E-state index contributed by atoms with van der Waals surface area (Å²) >= 11 is 1.31. The van der Waals surface area contributed by atoms with Crippen LogP contribution >= 0.6 is 11.3 Å². The first-order chi connectivity index (χ1) is 16.0. The first-order valence-electron chi connectivity index (χ1n) is 10.4. The van der Waals surface area contributed by atoms with Crippen LogP contribution in [0.5, 0.6) is 0 Å². The molecule has 2 aromatic carbocycles. The maximum atomic E-state index is 12.9. The standard InChI is InChI=1S/C23H20N6O3S/c1-28-12-11-24-21(28)20-19(14-5-3-2-4-6-14)26-23(33-20)27-22(30)15-7-10-17(25-16-8-9-16)18(13-15)29(31)32/h2-7,10-13,16,25H,8-9H2,1H3,(H,26,27,30). The van der Waals surface area contributed by atoms with Crippen LogP contribution in [0.4, 0.5) is 16.5 Å². The Labute approximate surface area is 193 Å². The number of nitrogens with zero attached hydrogens (tertiary/aromatic N) is 4. The van der Waals surface area contributed by atoms with E-state index >= 15 is 0 Å². The second-order valence-corrected chi connectivity index (χ2v) is 8.79. The molecule has 0 atom stereocenters. The van der Waals surface area contributed by atoms with Crippen molar-refractivity contribution < 1.29 is 9.72 Å². The normalized spacial score (nSPS) is 13.0. The van der Waals surface area contributed by atoms with Crippen LogP contribution in [0.2, 0.25) is 0 Å². The highest BCUT2D eigenvalue weighted by Gasteiger charge is 2.26. The van der Waals surface area contributed by atoms with Crippen LogP contribution in [0.25, 0.3) is 22.0 Å². The van der Waals surface area contributed by atoms with E-state index in [0.29, 0.717) is 16.5 Å². The molecular weight excluding hydrogens is 440 g/mol. The minimum Gasteiger partial charge on any atom is -0.377 e. The van der Waals surface area contributed by atoms with Gasteiger partial charge in [0.15, 0.2) is 11.0 Å². The fourth-order valence-electron chi connectivity index (χ4n) is 3.46. The Morgan fingerprint density at radius 1 is 1.21 bits per heavy atom. The number of carbonyl (C=O) groups is 1. The number of hydrogen-bond donors (Lipinski definition) is 2. The summed E-state index contributed by atoms with van der Waals surface area (Å²) in [5.41, 5.74) is 2.11. The summed E-state index contributed by atoms with van der Waals surface area (Å²) in [5, 5.41) is 17.9. The molecule has 2 heterocycles. The Morgan fingerprint density at radius 3 is 2.67 bits per heavy atom. The molecule has 2 aromatic heterocycles. The molecule has 9 nitrogen and oxygen atoms in total. The molecule has 1 aliphatic carbocycles. The molecule has 4 aromatic rings. The highest BCUT2D eigenvalue weighted by molar-refractivity contribution is 7.19. The van der Waals surface area contributed by atoms with E-state index in [-0.39, 0.29) is 17.3 Å². The van der Waals surface area contributed by atoms with E-state index in [1.54, 1.807) is 18.3 Å². The number of amides is 1. The SMILES string of the molecule is Cn1ccnc1-c1sc(NC(=O)c2ccc(NC3CC3)c([N+](=O)[O-])c2)nc1-c1ccccc1. The zero-order chi connectivity index (χ0) is 22.9. The summed E-state index contributed by atoms with van der Waals surface area (Å²) < 4.78 is 1.89. The number of hydrogen-bond acceptors (Lipinski definition) is 7. The number of aryl methyl sites for hydroxylation is 1. The van der Waals surface area contributed by atoms with E-state index in [9.17, 15) is 14.9 Å². The number of benzene rings is 2. The molecule has 1 aliphatic rings. The van der Waals surface area contributed by atoms with Gasteiger partial charge in [0.1, 0.15) is 5.69 Å². The van der Waals surface area contributed by atoms with E-state index in [4.69, 9.17) is 0 Å². The third-order valence-corrected chi connectivity index (χ3v) is 6.28. The second kappa shape index (κ2) is 8.47. The minimum atomic E-state index is -0.475. The number of anilines is 2. The predicted molar refractivity (Wildman–Crippen MR) is 127 cm³/mol. The van der Waals surface area contributed by atoms with Gasteiger partial charge in [0.2, 0.25) is 0 Å². The molecule has 33 heavy (non-hydrogen) atoms. The second-order valence-electron chi connectivity index (χ2n) is 7.79. The monoisotopic (exact) mass is 460 g/mol. The smallest absolute Gasteiger partial charge is 0.293 e. The lowest BCUT2D eigenvalue weighted by atomic mass is 10.1. The van der Waals surface area contributed by atoms with Crippen LogP contribution in [-0.2, 0) is 7.05 Å². The van der Waals surface area contributed by atoms with Gasteiger partial charge in [-0.3, -0.25) is 20.2 Å². The van der Waals surface area contributed by atoms with Crippen LogP contribution < -0.4 is 10.6 Å². The molecule has 166 valence electrons. The quantitative estimate of drug-likeness (QED) is 0.298. The fraction of sp³-hybridized carbons (Fsp3) is 0.174. The summed E-state index contributed by atoms with van der Waals surface area (Å²) in [7, 11) is 1.89. The Kier molecular flexibility index (Phi) is 5.35. The molecule has 0 spiro atoms. The number of nitro benzene ring substituents is 1. The molecule has 0 unspecified atom stereocenters. The van der Waals surface area contributed by atoms with Crippen LogP contribution in [0.15, 0.2) is 60.9 Å². The Hall–Kier alpha value is -4.05. The third kappa shape index (κ3) is 4.33. The summed E-state index contributed by atoms with van der Waals surface area (Å²) in [6.07, 6.45) is 5.54. The van der Waals surface area contributed by atoms with Gasteiger partial charge in [0.25, 0.3) is 11.6 Å². The number of thiazole rings is 1. The molecule has 1 fully saturated rings. The lowest BCUT2D eigenvalue weighted by Gasteiger charge is -2.07. The van der Waals surface area contributed by atoms with Crippen LogP contribution in [-0.4, -0.2) is 31.4 Å². The van der Waals surface area contributed by atoms with Gasteiger partial charge in [-0.25, -0.2) is 9.97 Å². The fourth-order valence-corrected chi connectivity index (χ4v) is 4.49. The van der Waals surface area contributed by atoms with E-state index in [1.165, 1.54) is 17.4 Å².